The predicted octanol–water partition coefficient (Wildman–Crippen LogP) is 3.27. The monoisotopic (exact) mass is 512 g/mol. The number of H-pyrrole nitrogens is 1. The quantitative estimate of drug-likeness (QED) is 0.342. The Hall–Kier alpha value is -4.08. The standard InChI is InChI=1S/C29H28N4O5/c34-17(13-32-10-4-1-5-11-32)14-33-15-21(19-8-9-23-27(26(19)33)38-16-37-23)25-24(28(35)31-29(25)36)20-12-30-22-7-3-2-6-18(20)22/h2-3,6-9,12,15,17,30,34H,1,4-5,10-11,13-14,16H2,(H,31,35,36). The second kappa shape index (κ2) is 9.04. The number of amides is 2. The maximum absolute atomic E-state index is 13.3. The molecule has 7 rings (SSSR count). The number of β-amino-alcohol motifs (C(OH)–C–C–N with tert-alkyl or cyclic N) is 1. The Morgan fingerprint density at radius 3 is 2.53 bits per heavy atom. The van der Waals surface area contributed by atoms with E-state index in [0.717, 1.165) is 47.7 Å². The third kappa shape index (κ3) is 3.69. The summed E-state index contributed by atoms with van der Waals surface area (Å²) >= 11 is 0. The lowest BCUT2D eigenvalue weighted by atomic mass is 9.95. The van der Waals surface area contributed by atoms with Gasteiger partial charge in [0.1, 0.15) is 0 Å². The fourth-order valence-electron chi connectivity index (χ4n) is 6.07. The van der Waals surface area contributed by atoms with Gasteiger partial charge in [-0.25, -0.2) is 0 Å². The number of carbonyl (C=O) groups is 2. The maximum Gasteiger partial charge on any atom is 0.259 e. The van der Waals surface area contributed by atoms with Gasteiger partial charge in [-0.3, -0.25) is 14.9 Å². The van der Waals surface area contributed by atoms with Crippen LogP contribution < -0.4 is 14.8 Å². The molecule has 2 aromatic carbocycles. The fraction of sp³-hybridized carbons (Fsp3) is 0.310. The van der Waals surface area contributed by atoms with E-state index < -0.39 is 17.9 Å². The number of benzene rings is 2. The van der Waals surface area contributed by atoms with Crippen LogP contribution in [0.2, 0.25) is 0 Å². The van der Waals surface area contributed by atoms with Gasteiger partial charge in [0.25, 0.3) is 11.8 Å². The van der Waals surface area contributed by atoms with Crippen LogP contribution in [0.1, 0.15) is 30.4 Å². The highest BCUT2D eigenvalue weighted by molar-refractivity contribution is 6.50. The predicted molar refractivity (Wildman–Crippen MR) is 143 cm³/mol. The molecule has 4 aromatic rings. The Kier molecular flexibility index (Phi) is 5.49. The number of imide groups is 1. The first kappa shape index (κ1) is 23.1. The average molecular weight is 513 g/mol. The molecule has 38 heavy (non-hydrogen) atoms. The lowest BCUT2D eigenvalue weighted by molar-refractivity contribution is -0.122. The van der Waals surface area contributed by atoms with Crippen molar-refractivity contribution in [2.75, 3.05) is 26.4 Å². The molecule has 1 unspecified atom stereocenters. The summed E-state index contributed by atoms with van der Waals surface area (Å²) in [6, 6.07) is 11.4. The molecule has 0 saturated carbocycles. The van der Waals surface area contributed by atoms with E-state index in [1.165, 1.54) is 6.42 Å². The number of hydrogen-bond donors (Lipinski definition) is 3. The van der Waals surface area contributed by atoms with Crippen LogP contribution >= 0.6 is 0 Å². The Morgan fingerprint density at radius 1 is 0.895 bits per heavy atom. The minimum Gasteiger partial charge on any atom is -0.454 e. The molecule has 3 aliphatic heterocycles. The SMILES string of the molecule is O=C1NC(=O)C(c2cn(CC(O)CN3CCCCC3)c3c4c(ccc23)OCO4)=C1c1c[nH]c2ccccc12. The molecule has 0 aliphatic carbocycles. The van der Waals surface area contributed by atoms with Crippen molar-refractivity contribution in [2.45, 2.75) is 31.9 Å². The average Bonchev–Trinajstić information content (AvgIpc) is 3.68. The van der Waals surface area contributed by atoms with Crippen LogP contribution in [0.15, 0.2) is 48.8 Å². The molecule has 9 nitrogen and oxygen atoms in total. The number of rotatable bonds is 6. The Morgan fingerprint density at radius 2 is 1.68 bits per heavy atom. The molecular formula is C29H28N4O5. The van der Waals surface area contributed by atoms with Crippen molar-refractivity contribution in [2.24, 2.45) is 0 Å². The molecular weight excluding hydrogens is 484 g/mol. The lowest BCUT2D eigenvalue weighted by Gasteiger charge is -2.28. The summed E-state index contributed by atoms with van der Waals surface area (Å²) in [5.74, 6) is 0.326. The van der Waals surface area contributed by atoms with Crippen molar-refractivity contribution in [3.8, 4) is 11.5 Å². The number of aromatic amines is 1. The molecule has 3 N–H and O–H groups in total. The molecule has 2 aromatic heterocycles. The molecule has 5 heterocycles. The van der Waals surface area contributed by atoms with E-state index >= 15 is 0 Å². The Bertz CT molecular complexity index is 1620. The molecule has 0 bridgehead atoms. The van der Waals surface area contributed by atoms with E-state index in [2.05, 4.69) is 15.2 Å². The van der Waals surface area contributed by atoms with E-state index in [-0.39, 0.29) is 6.79 Å². The summed E-state index contributed by atoms with van der Waals surface area (Å²) in [7, 11) is 0. The summed E-state index contributed by atoms with van der Waals surface area (Å²) in [6.45, 7) is 2.98. The number of aliphatic hydroxyl groups excluding tert-OH is 1. The highest BCUT2D eigenvalue weighted by atomic mass is 16.7. The highest BCUT2D eigenvalue weighted by Crippen LogP contribution is 2.45. The lowest BCUT2D eigenvalue weighted by Crippen LogP contribution is -2.37. The summed E-state index contributed by atoms with van der Waals surface area (Å²) in [5, 5.41) is 15.2. The van der Waals surface area contributed by atoms with Crippen molar-refractivity contribution in [3.63, 3.8) is 0 Å². The number of fused-ring (bicyclic) bond motifs is 4. The van der Waals surface area contributed by atoms with Crippen LogP contribution in [-0.2, 0) is 16.1 Å². The minimum absolute atomic E-state index is 0.105. The largest absolute Gasteiger partial charge is 0.454 e. The number of likely N-dealkylation sites (tertiary alicyclic amines) is 1. The third-order valence-electron chi connectivity index (χ3n) is 7.76. The smallest absolute Gasteiger partial charge is 0.259 e. The molecule has 194 valence electrons. The zero-order chi connectivity index (χ0) is 25.8. The number of piperidine rings is 1. The van der Waals surface area contributed by atoms with Crippen LogP contribution in [-0.4, -0.2) is 63.9 Å². The van der Waals surface area contributed by atoms with Crippen LogP contribution in [0.5, 0.6) is 11.5 Å². The number of aliphatic hydroxyl groups is 1. The van der Waals surface area contributed by atoms with E-state index in [9.17, 15) is 14.7 Å². The van der Waals surface area contributed by atoms with Crippen molar-refractivity contribution in [1.29, 1.82) is 0 Å². The first-order valence-corrected chi connectivity index (χ1v) is 13.1. The third-order valence-corrected chi connectivity index (χ3v) is 7.76. The van der Waals surface area contributed by atoms with E-state index in [1.807, 2.05) is 47.2 Å². The van der Waals surface area contributed by atoms with Crippen LogP contribution in [0.4, 0.5) is 0 Å². The van der Waals surface area contributed by atoms with Gasteiger partial charge in [-0.15, -0.1) is 0 Å². The number of hydrogen-bond acceptors (Lipinski definition) is 6. The van der Waals surface area contributed by atoms with Crippen molar-refractivity contribution in [3.05, 3.63) is 59.9 Å². The van der Waals surface area contributed by atoms with Gasteiger partial charge in [0.2, 0.25) is 6.79 Å². The normalized spacial score (nSPS) is 18.7. The maximum atomic E-state index is 13.3. The Labute approximate surface area is 218 Å². The molecule has 1 atom stereocenters. The summed E-state index contributed by atoms with van der Waals surface area (Å²) in [5.41, 5.74) is 3.56. The number of nitrogens with one attached hydrogen (secondary N) is 2. The number of ether oxygens (including phenoxy) is 2. The van der Waals surface area contributed by atoms with Crippen LogP contribution in [0.25, 0.3) is 33.0 Å². The molecule has 9 heteroatoms. The number of para-hydroxylation sites is 1. The van der Waals surface area contributed by atoms with Gasteiger partial charge in [-0.05, 0) is 44.1 Å². The second-order valence-electron chi connectivity index (χ2n) is 10.2. The van der Waals surface area contributed by atoms with Gasteiger partial charge in [0.05, 0.1) is 22.8 Å². The van der Waals surface area contributed by atoms with Gasteiger partial charge in [0.15, 0.2) is 11.5 Å². The van der Waals surface area contributed by atoms with E-state index in [0.29, 0.717) is 46.9 Å². The van der Waals surface area contributed by atoms with Crippen molar-refractivity contribution < 1.29 is 24.2 Å². The fourth-order valence-corrected chi connectivity index (χ4v) is 6.07. The Balaban J connectivity index is 1.38. The minimum atomic E-state index is -0.615. The highest BCUT2D eigenvalue weighted by Gasteiger charge is 2.36. The van der Waals surface area contributed by atoms with Gasteiger partial charge in [0, 0.05) is 52.9 Å². The zero-order valence-corrected chi connectivity index (χ0v) is 20.8. The van der Waals surface area contributed by atoms with Crippen molar-refractivity contribution >= 4 is 44.8 Å². The topological polar surface area (TPSA) is 109 Å². The first-order valence-electron chi connectivity index (χ1n) is 13.1. The number of carbonyl (C=O) groups excluding carboxylic acids is 2. The van der Waals surface area contributed by atoms with Gasteiger partial charge < -0.3 is 29.0 Å². The van der Waals surface area contributed by atoms with E-state index in [4.69, 9.17) is 9.47 Å². The molecule has 3 aliphatic rings. The van der Waals surface area contributed by atoms with Gasteiger partial charge >= 0.3 is 0 Å². The molecule has 1 saturated heterocycles. The van der Waals surface area contributed by atoms with Crippen LogP contribution in [0, 0.1) is 0 Å². The van der Waals surface area contributed by atoms with Gasteiger partial charge in [-0.1, -0.05) is 24.6 Å². The van der Waals surface area contributed by atoms with E-state index in [1.54, 1.807) is 6.20 Å². The van der Waals surface area contributed by atoms with Gasteiger partial charge in [-0.2, -0.15) is 0 Å². The van der Waals surface area contributed by atoms with Crippen LogP contribution in [0.3, 0.4) is 0 Å². The summed E-state index contributed by atoms with van der Waals surface area (Å²) < 4.78 is 13.4. The molecule has 2 amide bonds. The number of aromatic nitrogens is 2. The summed E-state index contributed by atoms with van der Waals surface area (Å²) in [6.07, 6.45) is 6.54. The van der Waals surface area contributed by atoms with Crippen molar-refractivity contribution in [1.82, 2.24) is 19.8 Å². The molecule has 0 radical (unpaired) electrons. The molecule has 0 spiro atoms. The summed E-state index contributed by atoms with van der Waals surface area (Å²) in [4.78, 5) is 31.9. The number of nitrogens with zero attached hydrogens (tertiary/aromatic N) is 2. The molecule has 1 fully saturated rings. The zero-order valence-electron chi connectivity index (χ0n) is 20.8. The second-order valence-corrected chi connectivity index (χ2v) is 10.2. The first-order chi connectivity index (χ1) is 18.6.